The van der Waals surface area contributed by atoms with E-state index >= 15 is 0 Å². The molecule has 4 aromatic carbocycles. The molecule has 12 heteroatoms. The lowest BCUT2D eigenvalue weighted by Gasteiger charge is -2.32. The van der Waals surface area contributed by atoms with Gasteiger partial charge >= 0.3 is 7.12 Å². The van der Waals surface area contributed by atoms with Gasteiger partial charge in [0.2, 0.25) is 11.8 Å². The summed E-state index contributed by atoms with van der Waals surface area (Å²) in [6.45, 7) is 12.4. The lowest BCUT2D eigenvalue weighted by Crippen LogP contribution is -2.41. The van der Waals surface area contributed by atoms with Crippen LogP contribution in [0, 0.1) is 29.5 Å². The molecule has 3 heterocycles. The Morgan fingerprint density at radius 2 is 1.02 bits per heavy atom. The topological polar surface area (TPSA) is 102 Å². The Morgan fingerprint density at radius 3 is 1.45 bits per heavy atom. The minimum Gasteiger partial charge on any atom is -0.399 e. The van der Waals surface area contributed by atoms with Gasteiger partial charge in [0.15, 0.2) is 0 Å². The molecule has 3 aliphatic rings. The fourth-order valence-electron chi connectivity index (χ4n) is 10.0. The third-order valence-electron chi connectivity index (χ3n) is 15.0. The van der Waals surface area contributed by atoms with Crippen LogP contribution >= 0.6 is 23.2 Å². The Balaban J connectivity index is 0.000000185. The van der Waals surface area contributed by atoms with Crippen LogP contribution in [0.1, 0.15) is 116 Å². The molecule has 2 saturated carbocycles. The third-order valence-corrected chi connectivity index (χ3v) is 15.5. The predicted molar refractivity (Wildman–Crippen MR) is 267 cm³/mol. The number of rotatable bonds is 9. The Hall–Kier alpha value is -4.87. The molecule has 9 rings (SSSR count). The second-order valence-corrected chi connectivity index (χ2v) is 20.5. The van der Waals surface area contributed by atoms with Crippen LogP contribution in [0.4, 0.5) is 15.8 Å². The molecule has 2 aromatic heterocycles. The van der Waals surface area contributed by atoms with E-state index in [1.54, 1.807) is 36.4 Å². The van der Waals surface area contributed by atoms with Gasteiger partial charge < -0.3 is 19.9 Å². The molecule has 66 heavy (non-hydrogen) atoms. The molecule has 344 valence electrons. The first-order valence-corrected chi connectivity index (χ1v) is 24.2. The zero-order valence-corrected chi connectivity index (χ0v) is 40.3. The molecule has 2 N–H and O–H groups in total. The first-order valence-electron chi connectivity index (χ1n) is 23.5. The Bertz CT molecular complexity index is 2650. The average Bonchev–Trinajstić information content (AvgIpc) is 3.55. The zero-order chi connectivity index (χ0) is 46.8. The number of hydrogen-bond acceptors (Lipinski definition) is 6. The van der Waals surface area contributed by atoms with Crippen molar-refractivity contribution >= 4 is 80.8 Å². The van der Waals surface area contributed by atoms with Gasteiger partial charge in [-0.25, -0.2) is 4.39 Å². The molecule has 0 unspecified atom stereocenters. The molecular weight excluding hydrogens is 868 g/mol. The molecule has 2 atom stereocenters. The van der Waals surface area contributed by atoms with Crippen LogP contribution < -0.4 is 16.1 Å². The predicted octanol–water partition coefficient (Wildman–Crippen LogP) is 13.3. The Kier molecular flexibility index (Phi) is 14.5. The van der Waals surface area contributed by atoms with E-state index in [0.717, 1.165) is 84.6 Å². The summed E-state index contributed by atoms with van der Waals surface area (Å²) in [7, 11) is -0.391. The van der Waals surface area contributed by atoms with Crippen LogP contribution in [0.2, 0.25) is 10.0 Å². The number of fused-ring (bicyclic) bond motifs is 2. The second-order valence-electron chi connectivity index (χ2n) is 19.6. The lowest BCUT2D eigenvalue weighted by molar-refractivity contribution is -0.122. The highest BCUT2D eigenvalue weighted by Gasteiger charge is 2.51. The maximum Gasteiger partial charge on any atom is 0.494 e. The smallest absolute Gasteiger partial charge is 0.399 e. The molecule has 8 nitrogen and oxygen atoms in total. The standard InChI is InChI=1S/C30H36BClN2O3.C24H24ClFN2O/c1-19(28(35)34-24-13-11-23(32)12-14-24)20-6-8-21(9-7-20)25-16-17-33-27-15-10-22(18-26(25)27)31-36-29(2,3)30(4,5)37-31;1-15(24(29)28-20-9-6-18(25)7-10-20)16-2-4-17(5-3-16)21-12-13-27-23-11-8-19(26)14-22(21)23/h10-21H,6-9H2,1-5H3,(H,34,35);6-17H,2-5H2,1H3,(H,28,29)/t19-,20?,21?;15-,16?,17?/m11/s1/i;26-1. The number of pyridine rings is 2. The number of amides is 2. The average molecular weight is 929 g/mol. The SMILES string of the molecule is C[C@@H](C(=O)Nc1ccc(Cl)cc1)C1CCC(c2ccnc3ccc(B4OC(C)(C)C(C)(C)O4)cc23)CC1.C[C@@H](C(=O)Nc1ccc(Cl)cc1)C1CCC(c2ccnc3ccc([18F])cc23)CC1. The van der Waals surface area contributed by atoms with E-state index in [9.17, 15) is 14.0 Å². The number of nitrogens with one attached hydrogen (secondary N) is 2. The highest BCUT2D eigenvalue weighted by atomic mass is 35.5. The highest BCUT2D eigenvalue weighted by molar-refractivity contribution is 6.62. The molecule has 1 saturated heterocycles. The molecule has 2 amide bonds. The van der Waals surface area contributed by atoms with Crippen LogP contribution in [-0.4, -0.2) is 40.1 Å². The van der Waals surface area contributed by atoms with Crippen molar-refractivity contribution in [1.82, 2.24) is 9.97 Å². The molecular formula is C54H60BCl2FN4O4. The minimum absolute atomic E-state index is 0.0409. The summed E-state index contributed by atoms with van der Waals surface area (Å²) >= 11 is 11.9. The minimum atomic E-state index is -0.391. The third kappa shape index (κ3) is 10.8. The Labute approximate surface area is 398 Å². The van der Waals surface area contributed by atoms with Gasteiger partial charge in [0, 0.05) is 56.4 Å². The summed E-state index contributed by atoms with van der Waals surface area (Å²) in [6.07, 6.45) is 11.9. The number of carbonyl (C=O) groups excluding carboxylic acids is 2. The van der Waals surface area contributed by atoms with Gasteiger partial charge in [-0.05, 0) is 204 Å². The van der Waals surface area contributed by atoms with Crippen molar-refractivity contribution in [1.29, 1.82) is 0 Å². The van der Waals surface area contributed by atoms with Crippen LogP contribution in [0.15, 0.2) is 109 Å². The number of benzene rings is 4. The molecule has 1 aliphatic heterocycles. The highest BCUT2D eigenvalue weighted by Crippen LogP contribution is 2.43. The monoisotopic (exact) mass is 927 g/mol. The Morgan fingerprint density at radius 1 is 0.606 bits per heavy atom. The van der Waals surface area contributed by atoms with Crippen molar-refractivity contribution in [3.8, 4) is 0 Å². The maximum atomic E-state index is 13.8. The molecule has 6 aromatic rings. The van der Waals surface area contributed by atoms with Crippen molar-refractivity contribution in [2.45, 2.75) is 116 Å². The second kappa shape index (κ2) is 20.2. The van der Waals surface area contributed by atoms with Crippen molar-refractivity contribution in [2.24, 2.45) is 23.7 Å². The van der Waals surface area contributed by atoms with E-state index in [1.807, 2.05) is 49.6 Å². The van der Waals surface area contributed by atoms with E-state index in [-0.39, 0.29) is 40.7 Å². The van der Waals surface area contributed by atoms with Crippen molar-refractivity contribution in [2.75, 3.05) is 10.6 Å². The summed E-state index contributed by atoms with van der Waals surface area (Å²) in [5.41, 5.74) is 6.17. The number of nitrogens with zero attached hydrogens (tertiary/aromatic N) is 2. The van der Waals surface area contributed by atoms with Gasteiger partial charge in [-0.3, -0.25) is 19.6 Å². The first-order chi connectivity index (χ1) is 31.5. The number of hydrogen-bond donors (Lipinski definition) is 2. The maximum absolute atomic E-state index is 13.8. The number of carbonyl (C=O) groups is 2. The van der Waals surface area contributed by atoms with Gasteiger partial charge in [0.1, 0.15) is 5.82 Å². The molecule has 3 fully saturated rings. The molecule has 0 radical (unpaired) electrons. The summed E-state index contributed by atoms with van der Waals surface area (Å²) in [5, 5.41) is 9.43. The quantitative estimate of drug-likeness (QED) is 0.140. The number of anilines is 2. The van der Waals surface area contributed by atoms with Gasteiger partial charge in [-0.1, -0.05) is 49.2 Å². The molecule has 0 spiro atoms. The summed E-state index contributed by atoms with van der Waals surface area (Å²) < 4.78 is 26.4. The van der Waals surface area contributed by atoms with Gasteiger partial charge in [-0.2, -0.15) is 0 Å². The van der Waals surface area contributed by atoms with Crippen molar-refractivity contribution in [3.63, 3.8) is 0 Å². The zero-order valence-electron chi connectivity index (χ0n) is 38.8. The number of aromatic nitrogens is 2. The van der Waals surface area contributed by atoms with Crippen LogP contribution in [0.25, 0.3) is 21.8 Å². The van der Waals surface area contributed by atoms with Gasteiger partial charge in [0.25, 0.3) is 0 Å². The van der Waals surface area contributed by atoms with E-state index in [2.05, 4.69) is 79.5 Å². The summed E-state index contributed by atoms with van der Waals surface area (Å²) in [4.78, 5) is 34.6. The van der Waals surface area contributed by atoms with E-state index in [1.165, 1.54) is 22.6 Å². The van der Waals surface area contributed by atoms with Gasteiger partial charge in [-0.15, -0.1) is 0 Å². The largest absolute Gasteiger partial charge is 0.494 e. The normalized spacial score (nSPS) is 22.2. The van der Waals surface area contributed by atoms with Gasteiger partial charge in [0.05, 0.1) is 22.2 Å². The fourth-order valence-corrected chi connectivity index (χ4v) is 10.3. The number of halogens is 3. The summed E-state index contributed by atoms with van der Waals surface area (Å²) in [6, 6.07) is 29.8. The molecule has 0 bridgehead atoms. The van der Waals surface area contributed by atoms with E-state index in [4.69, 9.17) is 32.5 Å². The van der Waals surface area contributed by atoms with Crippen LogP contribution in [0.3, 0.4) is 0 Å². The van der Waals surface area contributed by atoms with E-state index in [0.29, 0.717) is 33.7 Å². The van der Waals surface area contributed by atoms with Crippen LogP contribution in [-0.2, 0) is 18.9 Å². The summed E-state index contributed by atoms with van der Waals surface area (Å²) in [5.74, 6) is 1.35. The van der Waals surface area contributed by atoms with E-state index < -0.39 is 7.12 Å². The first kappa shape index (κ1) is 47.6. The van der Waals surface area contributed by atoms with Crippen molar-refractivity contribution < 1.29 is 23.3 Å². The fraction of sp³-hybridized carbons (Fsp3) is 0.407. The molecule has 2 aliphatic carbocycles. The van der Waals surface area contributed by atoms with Crippen LogP contribution in [0.5, 0.6) is 0 Å². The van der Waals surface area contributed by atoms with Crippen molar-refractivity contribution in [3.05, 3.63) is 136 Å². The lowest BCUT2D eigenvalue weighted by atomic mass is 9.73.